The van der Waals surface area contributed by atoms with Gasteiger partial charge in [0.15, 0.2) is 5.82 Å². The van der Waals surface area contributed by atoms with Gasteiger partial charge in [-0.3, -0.25) is 0 Å². The number of benzene rings is 1. The molecule has 0 saturated heterocycles. The molecule has 106 valence electrons. The van der Waals surface area contributed by atoms with Crippen molar-refractivity contribution < 1.29 is 17.2 Å². The summed E-state index contributed by atoms with van der Waals surface area (Å²) in [5, 5.41) is 2.97. The molecular formula is C12H16F2N2O2S. The van der Waals surface area contributed by atoms with Crippen LogP contribution in [0.2, 0.25) is 0 Å². The van der Waals surface area contributed by atoms with Gasteiger partial charge >= 0.3 is 0 Å². The van der Waals surface area contributed by atoms with E-state index in [4.69, 9.17) is 0 Å². The van der Waals surface area contributed by atoms with Crippen LogP contribution in [0.15, 0.2) is 17.0 Å². The number of nitrogens with one attached hydrogen (secondary N) is 1. The molecule has 1 aromatic rings. The Bertz CT molecular complexity index is 584. The standard InChI is InChI=1S/C12H16F2N2O2S/c1-16(2)19(17,18)11-6-5-10(13)9(12(11)14)7-15-8-3-4-8/h5-6,8,15H,3-4,7H2,1-2H3. The highest BCUT2D eigenvalue weighted by atomic mass is 32.2. The van der Waals surface area contributed by atoms with Crippen LogP contribution in [0.3, 0.4) is 0 Å². The molecule has 4 nitrogen and oxygen atoms in total. The molecule has 0 amide bonds. The van der Waals surface area contributed by atoms with Crippen LogP contribution in [0.5, 0.6) is 0 Å². The highest BCUT2D eigenvalue weighted by Gasteiger charge is 2.27. The molecule has 1 aliphatic carbocycles. The Hall–Kier alpha value is -1.05. The van der Waals surface area contributed by atoms with E-state index in [9.17, 15) is 17.2 Å². The number of nitrogens with zero attached hydrogens (tertiary/aromatic N) is 1. The maximum Gasteiger partial charge on any atom is 0.245 e. The second kappa shape index (κ2) is 5.15. The molecule has 1 fully saturated rings. The topological polar surface area (TPSA) is 49.4 Å². The molecule has 0 unspecified atom stereocenters. The molecule has 7 heteroatoms. The fourth-order valence-corrected chi connectivity index (χ4v) is 2.65. The van der Waals surface area contributed by atoms with Gasteiger partial charge in [-0.15, -0.1) is 0 Å². The van der Waals surface area contributed by atoms with E-state index < -0.39 is 26.6 Å². The minimum absolute atomic E-state index is 0.000871. The number of rotatable bonds is 5. The molecule has 0 radical (unpaired) electrons. The second-order valence-electron chi connectivity index (χ2n) is 4.78. The van der Waals surface area contributed by atoms with Gasteiger partial charge in [-0.05, 0) is 25.0 Å². The average molecular weight is 290 g/mol. The van der Waals surface area contributed by atoms with Crippen molar-refractivity contribution in [1.82, 2.24) is 9.62 Å². The normalized spacial score (nSPS) is 16.1. The largest absolute Gasteiger partial charge is 0.310 e. The van der Waals surface area contributed by atoms with Crippen LogP contribution < -0.4 is 5.32 Å². The molecule has 1 saturated carbocycles. The second-order valence-corrected chi connectivity index (χ2v) is 6.90. The monoisotopic (exact) mass is 290 g/mol. The minimum Gasteiger partial charge on any atom is -0.310 e. The van der Waals surface area contributed by atoms with Gasteiger partial charge in [0.1, 0.15) is 10.7 Å². The van der Waals surface area contributed by atoms with Crippen LogP contribution in [-0.2, 0) is 16.6 Å². The number of halogens is 2. The van der Waals surface area contributed by atoms with Gasteiger partial charge < -0.3 is 5.32 Å². The van der Waals surface area contributed by atoms with E-state index in [1.807, 2.05) is 0 Å². The average Bonchev–Trinajstić information content (AvgIpc) is 3.12. The lowest BCUT2D eigenvalue weighted by molar-refractivity contribution is 0.491. The molecule has 0 heterocycles. The summed E-state index contributed by atoms with van der Waals surface area (Å²) in [5.74, 6) is -1.75. The molecule has 0 aliphatic heterocycles. The summed E-state index contributed by atoms with van der Waals surface area (Å²) in [4.78, 5) is -0.494. The molecule has 0 spiro atoms. The lowest BCUT2D eigenvalue weighted by Crippen LogP contribution is -2.25. The molecule has 0 aromatic heterocycles. The van der Waals surface area contributed by atoms with E-state index in [0.29, 0.717) is 0 Å². The van der Waals surface area contributed by atoms with Crippen molar-refractivity contribution in [3.63, 3.8) is 0 Å². The third kappa shape index (κ3) is 2.93. The summed E-state index contributed by atoms with van der Waals surface area (Å²) in [6, 6.07) is 2.23. The van der Waals surface area contributed by atoms with E-state index in [0.717, 1.165) is 29.3 Å². The Kier molecular flexibility index (Phi) is 3.89. The highest BCUT2D eigenvalue weighted by molar-refractivity contribution is 7.89. The van der Waals surface area contributed by atoms with Crippen molar-refractivity contribution in [2.45, 2.75) is 30.3 Å². The first kappa shape index (κ1) is 14.4. The van der Waals surface area contributed by atoms with Gasteiger partial charge in [0, 0.05) is 32.2 Å². The Balaban J connectivity index is 2.38. The molecular weight excluding hydrogens is 274 g/mol. The van der Waals surface area contributed by atoms with Gasteiger partial charge in [0.25, 0.3) is 0 Å². The van der Waals surface area contributed by atoms with Crippen LogP contribution in [-0.4, -0.2) is 32.9 Å². The van der Waals surface area contributed by atoms with Gasteiger partial charge in [-0.2, -0.15) is 0 Å². The molecule has 0 atom stereocenters. The SMILES string of the molecule is CN(C)S(=O)(=O)c1ccc(F)c(CNC2CC2)c1F. The fourth-order valence-electron chi connectivity index (χ4n) is 1.67. The van der Waals surface area contributed by atoms with Crippen molar-refractivity contribution in [1.29, 1.82) is 0 Å². The predicted molar refractivity (Wildman–Crippen MR) is 67.1 cm³/mol. The molecule has 19 heavy (non-hydrogen) atoms. The van der Waals surface area contributed by atoms with E-state index in [-0.39, 0.29) is 18.2 Å². The maximum atomic E-state index is 14.2. The number of sulfonamides is 1. The van der Waals surface area contributed by atoms with E-state index in [1.54, 1.807) is 0 Å². The number of hydrogen-bond acceptors (Lipinski definition) is 3. The first-order valence-electron chi connectivity index (χ1n) is 5.97. The molecule has 1 aromatic carbocycles. The third-order valence-corrected chi connectivity index (χ3v) is 4.89. The zero-order valence-corrected chi connectivity index (χ0v) is 11.6. The molecule has 1 N–H and O–H groups in total. The summed E-state index contributed by atoms with van der Waals surface area (Å²) in [7, 11) is -1.29. The van der Waals surface area contributed by atoms with Crippen LogP contribution in [0.1, 0.15) is 18.4 Å². The third-order valence-electron chi connectivity index (χ3n) is 3.05. The van der Waals surface area contributed by atoms with Gasteiger partial charge in [-0.25, -0.2) is 21.5 Å². The molecule has 0 bridgehead atoms. The van der Waals surface area contributed by atoms with Crippen LogP contribution in [0.4, 0.5) is 8.78 Å². The summed E-state index contributed by atoms with van der Waals surface area (Å²) in [5.41, 5.74) is -0.227. The quantitative estimate of drug-likeness (QED) is 0.893. The van der Waals surface area contributed by atoms with E-state index in [2.05, 4.69) is 5.32 Å². The number of hydrogen-bond donors (Lipinski definition) is 1. The Labute approximate surface area is 111 Å². The lowest BCUT2D eigenvalue weighted by atomic mass is 10.2. The first-order chi connectivity index (χ1) is 8.84. The zero-order chi connectivity index (χ0) is 14.2. The van der Waals surface area contributed by atoms with Crippen molar-refractivity contribution in [3.8, 4) is 0 Å². The van der Waals surface area contributed by atoms with Gasteiger partial charge in [0.2, 0.25) is 10.0 Å². The van der Waals surface area contributed by atoms with E-state index >= 15 is 0 Å². The zero-order valence-electron chi connectivity index (χ0n) is 10.8. The lowest BCUT2D eigenvalue weighted by Gasteiger charge is -2.14. The molecule has 1 aliphatic rings. The first-order valence-corrected chi connectivity index (χ1v) is 7.41. The molecule has 2 rings (SSSR count). The smallest absolute Gasteiger partial charge is 0.245 e. The maximum absolute atomic E-state index is 14.2. The summed E-state index contributed by atoms with van der Waals surface area (Å²) >= 11 is 0. The van der Waals surface area contributed by atoms with Crippen LogP contribution in [0, 0.1) is 11.6 Å². The van der Waals surface area contributed by atoms with Crippen molar-refractivity contribution in [3.05, 3.63) is 29.3 Å². The van der Waals surface area contributed by atoms with Gasteiger partial charge in [-0.1, -0.05) is 0 Å². The van der Waals surface area contributed by atoms with Crippen molar-refractivity contribution in [2.75, 3.05) is 14.1 Å². The Morgan fingerprint density at radius 2 is 1.95 bits per heavy atom. The van der Waals surface area contributed by atoms with E-state index in [1.165, 1.54) is 14.1 Å². The Morgan fingerprint density at radius 3 is 2.47 bits per heavy atom. The Morgan fingerprint density at radius 1 is 1.32 bits per heavy atom. The van der Waals surface area contributed by atoms with Crippen molar-refractivity contribution in [2.24, 2.45) is 0 Å². The van der Waals surface area contributed by atoms with Gasteiger partial charge in [0.05, 0.1) is 0 Å². The summed E-state index contributed by atoms with van der Waals surface area (Å²) < 4.78 is 52.5. The summed E-state index contributed by atoms with van der Waals surface area (Å²) in [6.07, 6.45) is 1.97. The fraction of sp³-hybridized carbons (Fsp3) is 0.500. The van der Waals surface area contributed by atoms with Crippen LogP contribution in [0.25, 0.3) is 0 Å². The van der Waals surface area contributed by atoms with Crippen LogP contribution >= 0.6 is 0 Å². The van der Waals surface area contributed by atoms with Crippen molar-refractivity contribution >= 4 is 10.0 Å². The minimum atomic E-state index is -3.91. The highest BCUT2D eigenvalue weighted by Crippen LogP contribution is 2.25. The summed E-state index contributed by atoms with van der Waals surface area (Å²) in [6.45, 7) is -0.000871. The predicted octanol–water partition coefficient (Wildman–Crippen LogP) is 1.47.